The highest BCUT2D eigenvalue weighted by Crippen LogP contribution is 2.59. The number of benzene rings is 1. The predicted molar refractivity (Wildman–Crippen MR) is 77.3 cm³/mol. The lowest BCUT2D eigenvalue weighted by Crippen LogP contribution is -2.33. The molecule has 2 heteroatoms. The molecule has 0 heterocycles. The first-order chi connectivity index (χ1) is 9.22. The van der Waals surface area contributed by atoms with Crippen LogP contribution in [0.3, 0.4) is 0 Å². The largest absolute Gasteiger partial charge is 0.508 e. The van der Waals surface area contributed by atoms with E-state index >= 15 is 0 Å². The molecule has 0 aromatic heterocycles. The van der Waals surface area contributed by atoms with Crippen molar-refractivity contribution in [2.24, 2.45) is 23.7 Å². The number of nitrogens with one attached hydrogen (secondary N) is 1. The van der Waals surface area contributed by atoms with Gasteiger partial charge in [-0.3, -0.25) is 0 Å². The van der Waals surface area contributed by atoms with Crippen molar-refractivity contribution in [1.82, 2.24) is 0 Å². The van der Waals surface area contributed by atoms with Gasteiger partial charge in [0.05, 0.1) is 0 Å². The van der Waals surface area contributed by atoms with E-state index in [-0.39, 0.29) is 0 Å². The molecule has 1 aromatic carbocycles. The summed E-state index contributed by atoms with van der Waals surface area (Å²) in [7, 11) is 0. The Balaban J connectivity index is 1.51. The molecule has 0 aliphatic heterocycles. The first-order valence-corrected chi connectivity index (χ1v) is 7.78. The van der Waals surface area contributed by atoms with Crippen molar-refractivity contribution in [2.45, 2.75) is 45.1 Å². The number of aryl methyl sites for hydroxylation is 1. The van der Waals surface area contributed by atoms with Crippen molar-refractivity contribution < 1.29 is 5.11 Å². The fourth-order valence-electron chi connectivity index (χ4n) is 5.15. The zero-order chi connectivity index (χ0) is 13.0. The van der Waals surface area contributed by atoms with E-state index in [1.807, 2.05) is 19.1 Å². The van der Waals surface area contributed by atoms with E-state index in [1.165, 1.54) is 32.1 Å². The maximum atomic E-state index is 9.82. The molecule has 5 unspecified atom stereocenters. The van der Waals surface area contributed by atoms with E-state index < -0.39 is 0 Å². The van der Waals surface area contributed by atoms with Crippen LogP contribution < -0.4 is 5.32 Å². The molecular formula is C17H23NO. The van der Waals surface area contributed by atoms with Crippen molar-refractivity contribution >= 4 is 5.69 Å². The van der Waals surface area contributed by atoms with Gasteiger partial charge in [-0.2, -0.15) is 0 Å². The van der Waals surface area contributed by atoms with Crippen molar-refractivity contribution in [3.8, 4) is 5.75 Å². The van der Waals surface area contributed by atoms with E-state index in [9.17, 15) is 5.11 Å². The summed E-state index contributed by atoms with van der Waals surface area (Å²) in [5, 5.41) is 13.5. The molecule has 5 atom stereocenters. The Morgan fingerprint density at radius 3 is 2.79 bits per heavy atom. The van der Waals surface area contributed by atoms with Crippen molar-refractivity contribution in [3.63, 3.8) is 0 Å². The van der Waals surface area contributed by atoms with Crippen LogP contribution in [0.15, 0.2) is 18.2 Å². The molecule has 0 saturated heterocycles. The van der Waals surface area contributed by atoms with Crippen LogP contribution in [-0.2, 0) is 0 Å². The molecule has 0 amide bonds. The normalized spacial score (nSPS) is 39.5. The smallest absolute Gasteiger partial charge is 0.120 e. The summed E-state index contributed by atoms with van der Waals surface area (Å²) >= 11 is 0. The maximum absolute atomic E-state index is 9.82. The molecular weight excluding hydrogens is 234 g/mol. The van der Waals surface area contributed by atoms with Crippen LogP contribution in [-0.4, -0.2) is 11.1 Å². The number of hydrogen-bond donors (Lipinski definition) is 2. The van der Waals surface area contributed by atoms with Gasteiger partial charge >= 0.3 is 0 Å². The van der Waals surface area contributed by atoms with Crippen LogP contribution in [0.1, 0.15) is 37.7 Å². The number of rotatable bonds is 2. The molecule has 4 rings (SSSR count). The summed E-state index contributed by atoms with van der Waals surface area (Å²) in [4.78, 5) is 0. The molecule has 0 radical (unpaired) electrons. The summed E-state index contributed by atoms with van der Waals surface area (Å²) in [5.74, 6) is 4.33. The zero-order valence-corrected chi connectivity index (χ0v) is 11.6. The monoisotopic (exact) mass is 257 g/mol. The number of phenolic OH excluding ortho intramolecular Hbond substituents is 1. The molecule has 3 aliphatic rings. The minimum Gasteiger partial charge on any atom is -0.508 e. The molecule has 19 heavy (non-hydrogen) atoms. The van der Waals surface area contributed by atoms with Crippen LogP contribution >= 0.6 is 0 Å². The predicted octanol–water partition coefficient (Wildman–Crippen LogP) is 3.94. The quantitative estimate of drug-likeness (QED) is 0.841. The average Bonchev–Trinajstić information content (AvgIpc) is 3.05. The summed E-state index contributed by atoms with van der Waals surface area (Å²) < 4.78 is 0. The van der Waals surface area contributed by atoms with E-state index in [4.69, 9.17) is 0 Å². The number of anilines is 1. The van der Waals surface area contributed by atoms with Crippen LogP contribution in [0.5, 0.6) is 5.75 Å². The molecule has 1 aromatic rings. The highest BCUT2D eigenvalue weighted by atomic mass is 16.3. The van der Waals surface area contributed by atoms with Crippen molar-refractivity contribution in [1.29, 1.82) is 0 Å². The van der Waals surface area contributed by atoms with Crippen LogP contribution in [0, 0.1) is 30.6 Å². The highest BCUT2D eigenvalue weighted by Gasteiger charge is 2.53. The third kappa shape index (κ3) is 1.76. The highest BCUT2D eigenvalue weighted by molar-refractivity contribution is 5.51. The lowest BCUT2D eigenvalue weighted by atomic mass is 9.79. The van der Waals surface area contributed by atoms with E-state index in [2.05, 4.69) is 11.4 Å². The first kappa shape index (κ1) is 11.6. The maximum Gasteiger partial charge on any atom is 0.120 e. The Hall–Kier alpha value is -1.18. The van der Waals surface area contributed by atoms with Gasteiger partial charge in [-0.25, -0.2) is 0 Å². The van der Waals surface area contributed by atoms with Gasteiger partial charge in [0.25, 0.3) is 0 Å². The van der Waals surface area contributed by atoms with E-state index in [0.717, 1.165) is 34.9 Å². The van der Waals surface area contributed by atoms with E-state index in [1.54, 1.807) is 0 Å². The zero-order valence-electron chi connectivity index (χ0n) is 11.6. The Morgan fingerprint density at radius 2 is 1.95 bits per heavy atom. The third-order valence-electron chi connectivity index (χ3n) is 5.99. The Bertz CT molecular complexity index is 498. The van der Waals surface area contributed by atoms with Crippen molar-refractivity contribution in [3.05, 3.63) is 23.8 Å². The lowest BCUT2D eigenvalue weighted by Gasteiger charge is -2.32. The van der Waals surface area contributed by atoms with Gasteiger partial charge in [0, 0.05) is 17.8 Å². The second-order valence-electron chi connectivity index (χ2n) is 6.91. The minimum atomic E-state index is 0.409. The number of hydrogen-bond acceptors (Lipinski definition) is 2. The molecule has 2 nitrogen and oxygen atoms in total. The number of aromatic hydroxyl groups is 1. The van der Waals surface area contributed by atoms with Crippen molar-refractivity contribution in [2.75, 3.05) is 5.32 Å². The first-order valence-electron chi connectivity index (χ1n) is 7.78. The fraction of sp³-hybridized carbons (Fsp3) is 0.647. The van der Waals surface area contributed by atoms with Crippen LogP contribution in [0.2, 0.25) is 0 Å². The Labute approximate surface area is 115 Å². The molecule has 2 bridgehead atoms. The van der Waals surface area contributed by atoms with Gasteiger partial charge in [-0.05, 0) is 67.9 Å². The van der Waals surface area contributed by atoms with Gasteiger partial charge in [-0.15, -0.1) is 0 Å². The molecule has 2 N–H and O–H groups in total. The standard InChI is InChI=1S/C17H23NO/c1-10-5-6-12(9-17(10)19)18-16-8-11-7-15(16)14-4-2-3-13(11)14/h5-6,9,11,13-16,18-19H,2-4,7-8H2,1H3. The molecule has 3 saturated carbocycles. The Morgan fingerprint density at radius 1 is 1.11 bits per heavy atom. The van der Waals surface area contributed by atoms with Gasteiger partial charge < -0.3 is 10.4 Å². The number of fused-ring (bicyclic) bond motifs is 5. The summed E-state index contributed by atoms with van der Waals surface area (Å²) in [6.07, 6.45) is 7.21. The molecule has 3 aliphatic carbocycles. The van der Waals surface area contributed by atoms with Crippen LogP contribution in [0.4, 0.5) is 5.69 Å². The fourth-order valence-corrected chi connectivity index (χ4v) is 5.15. The topological polar surface area (TPSA) is 32.3 Å². The summed E-state index contributed by atoms with van der Waals surface area (Å²) in [6.45, 7) is 1.94. The molecule has 3 fully saturated rings. The van der Waals surface area contributed by atoms with Gasteiger partial charge in [0.2, 0.25) is 0 Å². The molecule has 102 valence electrons. The van der Waals surface area contributed by atoms with Gasteiger partial charge in [-0.1, -0.05) is 12.5 Å². The van der Waals surface area contributed by atoms with Gasteiger partial charge in [0.15, 0.2) is 0 Å². The minimum absolute atomic E-state index is 0.409. The second-order valence-corrected chi connectivity index (χ2v) is 6.91. The summed E-state index contributed by atoms with van der Waals surface area (Å²) in [5.41, 5.74) is 2.05. The van der Waals surface area contributed by atoms with Gasteiger partial charge in [0.1, 0.15) is 5.75 Å². The SMILES string of the molecule is Cc1ccc(NC2CC3CC2C2CCCC32)cc1O. The lowest BCUT2D eigenvalue weighted by molar-refractivity contribution is 0.243. The van der Waals surface area contributed by atoms with E-state index in [0.29, 0.717) is 11.8 Å². The van der Waals surface area contributed by atoms with Crippen LogP contribution in [0.25, 0.3) is 0 Å². The summed E-state index contributed by atoms with van der Waals surface area (Å²) in [6, 6.07) is 6.63. The average molecular weight is 257 g/mol. The number of phenols is 1. The second kappa shape index (κ2) is 4.16. The Kier molecular flexibility index (Phi) is 2.54. The third-order valence-corrected chi connectivity index (χ3v) is 5.99. The molecule has 0 spiro atoms.